The SMILES string of the molecule is CC(C)(C)c1ccc2c(c1)-c1nc-2nc2[nH]c(nc3nc(nc4[nH]c(n1)c1ccc(OCCCCOc5ccc6c(c5)C(=O)c5ccc(OCCCCOc7ccc8c9nc%10nc(nc%11[nH]c(nc%12nc(nc([nH]9)c8c7)-c7ccc(C(C)(C)C)cc7-%12)c7ccc(C(C)(C)C)cc%117)-c7ccc(C(C)(C)C)cc7-%10)cc5C6=O)cc41)-c1ccc(C(C)(C)C)cc1-3)c1ccc(C(C)(C)C)cc21. The van der Waals surface area contributed by atoms with E-state index in [1.165, 1.54) is 11.1 Å². The fraction of sp³-hybridized carbons (Fsp3) is 0.291. The molecule has 4 aliphatic heterocycles. The topological polar surface area (TPSA) is 289 Å². The molecule has 0 unspecified atom stereocenters. The molecule has 5 aliphatic rings. The van der Waals surface area contributed by atoms with Gasteiger partial charge >= 0.3 is 0 Å². The highest BCUT2D eigenvalue weighted by atomic mass is 16.5. The summed E-state index contributed by atoms with van der Waals surface area (Å²) < 4.78 is 25.6. The number of ketones is 2. The molecule has 0 amide bonds. The first-order valence-corrected chi connectivity index (χ1v) is 45.6. The zero-order chi connectivity index (χ0) is 91.7. The van der Waals surface area contributed by atoms with E-state index in [0.717, 1.165) is 110 Å². The monoisotopic (exact) mass is 1740 g/mol. The molecular weight excluding hydrogens is 1640 g/mol. The number of carbonyl (C=O) groups is 2. The van der Waals surface area contributed by atoms with Crippen LogP contribution in [0.25, 0.3) is 179 Å². The van der Waals surface area contributed by atoms with Crippen LogP contribution in [0, 0.1) is 0 Å². The van der Waals surface area contributed by atoms with E-state index in [0.29, 0.717) is 189 Å². The molecule has 22 heteroatoms. The highest BCUT2D eigenvalue weighted by molar-refractivity contribution is 6.28. The smallest absolute Gasteiger partial charge is 0.194 e. The van der Waals surface area contributed by atoms with Gasteiger partial charge in [0.2, 0.25) is 0 Å². The number of fused-ring (bicyclic) bond motifs is 42. The van der Waals surface area contributed by atoms with E-state index in [2.05, 4.69) is 254 Å². The summed E-state index contributed by atoms with van der Waals surface area (Å²) in [4.78, 5) is 107. The van der Waals surface area contributed by atoms with E-state index in [-0.39, 0.29) is 44.1 Å². The summed E-state index contributed by atoms with van der Waals surface area (Å²) in [5.41, 5.74) is 19.0. The quantitative estimate of drug-likeness (QED) is 0.0736. The van der Waals surface area contributed by atoms with Crippen LogP contribution in [-0.4, -0.2) is 118 Å². The third kappa shape index (κ3) is 15.4. The van der Waals surface area contributed by atoms with Gasteiger partial charge in [0, 0.05) is 110 Å². The van der Waals surface area contributed by atoms with Crippen LogP contribution in [0.4, 0.5) is 0 Å². The zero-order valence-electron chi connectivity index (χ0n) is 77.8. The Morgan fingerprint density at radius 2 is 0.394 bits per heavy atom. The number of nitrogens with zero attached hydrogens (tertiary/aromatic N) is 12. The summed E-state index contributed by atoms with van der Waals surface area (Å²) in [7, 11) is 0. The van der Waals surface area contributed by atoms with Gasteiger partial charge in [-0.15, -0.1) is 0 Å². The number of carbonyl (C=O) groups excluding carboxylic acids is 2. The summed E-state index contributed by atoms with van der Waals surface area (Å²) in [5.74, 6) is 5.97. The Bertz CT molecular complexity index is 7480. The highest BCUT2D eigenvalue weighted by Gasteiger charge is 2.34. The average Bonchev–Trinajstić information content (AvgIpc) is 1.63. The maximum absolute atomic E-state index is 14.3. The number of hydrogen-bond donors (Lipinski definition) is 4. The van der Waals surface area contributed by atoms with Crippen molar-refractivity contribution in [3.63, 3.8) is 0 Å². The van der Waals surface area contributed by atoms with Crippen molar-refractivity contribution >= 4 is 99.8 Å². The maximum atomic E-state index is 14.3. The van der Waals surface area contributed by atoms with Crippen LogP contribution in [0.2, 0.25) is 0 Å². The number of H-pyrrole nitrogens is 4. The molecule has 0 fully saturated rings. The Labute approximate surface area is 764 Å². The largest absolute Gasteiger partial charge is 0.494 e. The molecule has 10 aromatic carbocycles. The zero-order valence-corrected chi connectivity index (χ0v) is 77.8. The number of ether oxygens (including phenoxy) is 4. The van der Waals surface area contributed by atoms with Crippen LogP contribution in [0.3, 0.4) is 0 Å². The van der Waals surface area contributed by atoms with Crippen molar-refractivity contribution in [1.29, 1.82) is 0 Å². The number of benzene rings is 10. The van der Waals surface area contributed by atoms with Crippen LogP contribution < -0.4 is 18.9 Å². The van der Waals surface area contributed by atoms with Crippen molar-refractivity contribution in [1.82, 2.24) is 79.7 Å². The summed E-state index contributed by atoms with van der Waals surface area (Å²) in [6.45, 7) is 41.2. The van der Waals surface area contributed by atoms with Gasteiger partial charge in [0.05, 0.1) is 26.4 Å². The van der Waals surface area contributed by atoms with E-state index in [9.17, 15) is 9.59 Å². The second-order valence-corrected chi connectivity index (χ2v) is 41.6. The van der Waals surface area contributed by atoms with E-state index in [4.69, 9.17) is 78.8 Å². The first-order valence-electron chi connectivity index (χ1n) is 45.6. The number of unbranched alkanes of at least 4 members (excludes halogenated alkanes) is 2. The first kappa shape index (κ1) is 84.3. The molecule has 22 nitrogen and oxygen atoms in total. The molecule has 6 aromatic heterocycles. The van der Waals surface area contributed by atoms with E-state index < -0.39 is 0 Å². The molecule has 16 bridgehead atoms. The van der Waals surface area contributed by atoms with Gasteiger partial charge < -0.3 is 38.9 Å². The summed E-state index contributed by atoms with van der Waals surface area (Å²) >= 11 is 0. The molecule has 16 aromatic rings. The second kappa shape index (κ2) is 31.1. The first-order chi connectivity index (χ1) is 62.9. The summed E-state index contributed by atoms with van der Waals surface area (Å²) in [6.07, 6.45) is 2.60. The van der Waals surface area contributed by atoms with Crippen molar-refractivity contribution in [3.05, 3.63) is 238 Å². The van der Waals surface area contributed by atoms with Gasteiger partial charge in [-0.25, -0.2) is 59.8 Å². The molecule has 0 spiro atoms. The maximum Gasteiger partial charge on any atom is 0.194 e. The third-order valence-electron chi connectivity index (χ3n) is 25.9. The van der Waals surface area contributed by atoms with Gasteiger partial charge in [-0.3, -0.25) is 9.59 Å². The molecule has 0 saturated heterocycles. The number of aromatic nitrogens is 16. The summed E-state index contributed by atoms with van der Waals surface area (Å²) in [6, 6.07) is 61.0. The highest BCUT2D eigenvalue weighted by Crippen LogP contribution is 2.46. The van der Waals surface area contributed by atoms with Crippen molar-refractivity contribution in [3.8, 4) is 114 Å². The van der Waals surface area contributed by atoms with Crippen LogP contribution in [0.1, 0.15) is 216 Å². The molecule has 132 heavy (non-hydrogen) atoms. The van der Waals surface area contributed by atoms with Gasteiger partial charge in [-0.05, 0) is 201 Å². The molecular formula is C110H104N16O6. The van der Waals surface area contributed by atoms with Gasteiger partial charge in [0.15, 0.2) is 58.2 Å². The normalized spacial score (nSPS) is 13.2. The lowest BCUT2D eigenvalue weighted by atomic mass is 9.84. The van der Waals surface area contributed by atoms with Crippen LogP contribution in [0.5, 0.6) is 23.0 Å². The fourth-order valence-corrected chi connectivity index (χ4v) is 18.0. The Balaban J connectivity index is 0.497. The minimum atomic E-state index is -0.259. The molecule has 660 valence electrons. The van der Waals surface area contributed by atoms with Crippen LogP contribution >= 0.6 is 0 Å². The lowest BCUT2D eigenvalue weighted by Crippen LogP contribution is -2.21. The predicted octanol–water partition coefficient (Wildman–Crippen LogP) is 25.1. The summed E-state index contributed by atoms with van der Waals surface area (Å²) in [5, 5.41) is 6.90. The van der Waals surface area contributed by atoms with Gasteiger partial charge in [-0.2, -0.15) is 0 Å². The van der Waals surface area contributed by atoms with Gasteiger partial charge in [0.25, 0.3) is 0 Å². The molecule has 0 radical (unpaired) electrons. The molecule has 0 atom stereocenters. The lowest BCUT2D eigenvalue weighted by Gasteiger charge is -2.19. The Hall–Kier alpha value is -14.5. The molecule has 10 heterocycles. The van der Waals surface area contributed by atoms with Crippen molar-refractivity contribution in [2.45, 2.75) is 183 Å². The fourth-order valence-electron chi connectivity index (χ4n) is 18.0. The lowest BCUT2D eigenvalue weighted by molar-refractivity contribution is 0.0978. The minimum Gasteiger partial charge on any atom is -0.494 e. The van der Waals surface area contributed by atoms with Crippen molar-refractivity contribution in [2.75, 3.05) is 26.4 Å². The number of rotatable bonds is 14. The Morgan fingerprint density at radius 3 is 0.652 bits per heavy atom. The third-order valence-corrected chi connectivity index (χ3v) is 25.9. The van der Waals surface area contributed by atoms with E-state index >= 15 is 0 Å². The van der Waals surface area contributed by atoms with Crippen molar-refractivity contribution < 1.29 is 28.5 Å². The number of nitrogens with one attached hydrogen (secondary N) is 4. The molecule has 4 N–H and O–H groups in total. The molecule has 0 saturated carbocycles. The van der Waals surface area contributed by atoms with Crippen LogP contribution in [0.15, 0.2) is 182 Å². The molecule has 1 aliphatic carbocycles. The predicted molar refractivity (Wildman–Crippen MR) is 525 cm³/mol. The standard InChI is InChI=1S/C110H104N16O6/c1-105(2,3)57-23-33-69-79(47-57)97-111-89(69)115-99-83-51-61(109(13,14)15)27-37-73(83)93(119-99)123-103-85-55-65(31-41-75(85)95(125-103)121-101-81-49-59(107(7,8)9)25-35-71(81)91(113-97)117-101)131-45-21-19-43-129-63-29-39-67-77(53-63)87(127)68-40-30-64(54-78(68)88(67)128)130-44-20-22-46-132-66-32-42-76-86(56-66)104-124-94-74-38-28-62(110(16,17)18)52-84(74)100(120-94)116-90-70-34-24-58(106(4,5)6)48-80(70)98(112-90)114-92-72-36-26-60(108(10,11)12)50-82(72)102(118-92)122-96(76)126-104/h23-42,47-56H,19-22,43-46H2,1-18H3,(H2,111,113,115,117,119,121,123,125)(H2,112,114,116,118,120,122,124,126). The molecule has 21 rings (SSSR count). The van der Waals surface area contributed by atoms with E-state index in [1.54, 1.807) is 36.4 Å². The van der Waals surface area contributed by atoms with E-state index in [1.807, 2.05) is 36.4 Å². The van der Waals surface area contributed by atoms with Gasteiger partial charge in [0.1, 0.15) is 68.2 Å². The second-order valence-electron chi connectivity index (χ2n) is 41.6. The number of hydrogen-bond acceptors (Lipinski definition) is 18. The van der Waals surface area contributed by atoms with Gasteiger partial charge in [-0.1, -0.05) is 197 Å². The Morgan fingerprint density at radius 1 is 0.197 bits per heavy atom. The average molecular weight is 1750 g/mol. The minimum absolute atomic E-state index is 0.128. The Kier molecular flexibility index (Phi) is 19.9. The number of aromatic amines is 4. The van der Waals surface area contributed by atoms with Crippen LogP contribution in [-0.2, 0) is 32.5 Å². The van der Waals surface area contributed by atoms with Crippen molar-refractivity contribution in [2.24, 2.45) is 0 Å².